The number of hydrogen-bond acceptors (Lipinski definition) is 3. The normalized spacial score (nSPS) is 11.6. The molecule has 1 atom stereocenters. The first kappa shape index (κ1) is 13.8. The predicted octanol–water partition coefficient (Wildman–Crippen LogP) is 2.15. The molecule has 0 radical (unpaired) electrons. The van der Waals surface area contributed by atoms with E-state index in [2.05, 4.69) is 5.32 Å². The van der Waals surface area contributed by atoms with Gasteiger partial charge in [-0.15, -0.1) is 0 Å². The average Bonchev–Trinajstić information content (AvgIpc) is 2.19. The topological polar surface area (TPSA) is 38.3 Å². The molecule has 15 heavy (non-hydrogen) atoms. The molecule has 1 rings (SSSR count). The van der Waals surface area contributed by atoms with Gasteiger partial charge < -0.3 is 4.74 Å². The molecule has 0 bridgehead atoms. The molecule has 0 heterocycles. The molecule has 3 heteroatoms. The highest BCUT2D eigenvalue weighted by atomic mass is 16.5. The lowest BCUT2D eigenvalue weighted by Crippen LogP contribution is -2.28. The Morgan fingerprint density at radius 2 is 2.00 bits per heavy atom. The molecule has 0 saturated carbocycles. The lowest BCUT2D eigenvalue weighted by atomic mass is 10.0. The van der Waals surface area contributed by atoms with Crippen molar-refractivity contribution >= 4 is 5.78 Å². The van der Waals surface area contributed by atoms with Gasteiger partial charge in [-0.1, -0.05) is 37.8 Å². The molecule has 0 saturated heterocycles. The highest BCUT2D eigenvalue weighted by Crippen LogP contribution is 2.12. The number of nitrogens with one attached hydrogen (secondary N) is 1. The highest BCUT2D eigenvalue weighted by Gasteiger charge is 2.14. The van der Waals surface area contributed by atoms with E-state index in [1.165, 1.54) is 0 Å². The van der Waals surface area contributed by atoms with Crippen molar-refractivity contribution in [3.63, 3.8) is 0 Å². The van der Waals surface area contributed by atoms with Crippen LogP contribution in [0.5, 0.6) is 0 Å². The number of carbonyl (C=O) groups is 1. The van der Waals surface area contributed by atoms with E-state index in [0.29, 0.717) is 6.73 Å². The van der Waals surface area contributed by atoms with Crippen LogP contribution in [0, 0.1) is 0 Å². The second-order valence-corrected chi connectivity index (χ2v) is 3.09. The van der Waals surface area contributed by atoms with Gasteiger partial charge in [0.25, 0.3) is 0 Å². The van der Waals surface area contributed by atoms with Gasteiger partial charge in [-0.3, -0.25) is 10.1 Å². The largest absolute Gasteiger partial charge is 0.370 e. The minimum atomic E-state index is -0.267. The van der Waals surface area contributed by atoms with Crippen molar-refractivity contribution in [2.75, 3.05) is 13.8 Å². The lowest BCUT2D eigenvalue weighted by Gasteiger charge is -2.15. The fourth-order valence-corrected chi connectivity index (χ4v) is 1.31. The number of benzene rings is 1. The van der Waals surface area contributed by atoms with E-state index in [9.17, 15) is 4.79 Å². The van der Waals surface area contributed by atoms with Crippen LogP contribution in [0.3, 0.4) is 0 Å². The van der Waals surface area contributed by atoms with Crippen molar-refractivity contribution in [3.8, 4) is 0 Å². The van der Waals surface area contributed by atoms with Crippen LogP contribution in [0.2, 0.25) is 0 Å². The molecule has 3 nitrogen and oxygen atoms in total. The standard InChI is InChI=1S/C11H15NO2.CH4/c1-9(13)11(12-8-14-2)10-6-4-3-5-7-10;/h3-7,11-12H,8H2,1-2H3;1H4. The summed E-state index contributed by atoms with van der Waals surface area (Å²) < 4.78 is 4.88. The zero-order chi connectivity index (χ0) is 10.4. The first-order valence-corrected chi connectivity index (χ1v) is 4.53. The van der Waals surface area contributed by atoms with Crippen molar-refractivity contribution in [2.24, 2.45) is 0 Å². The van der Waals surface area contributed by atoms with E-state index in [0.717, 1.165) is 5.56 Å². The van der Waals surface area contributed by atoms with E-state index in [1.54, 1.807) is 14.0 Å². The van der Waals surface area contributed by atoms with E-state index in [4.69, 9.17) is 4.74 Å². The average molecular weight is 209 g/mol. The van der Waals surface area contributed by atoms with Gasteiger partial charge in [-0.25, -0.2) is 0 Å². The van der Waals surface area contributed by atoms with Crippen LogP contribution in [0.15, 0.2) is 30.3 Å². The Hall–Kier alpha value is -1.19. The maximum absolute atomic E-state index is 11.3. The Morgan fingerprint density at radius 1 is 1.40 bits per heavy atom. The summed E-state index contributed by atoms with van der Waals surface area (Å²) in [6.07, 6.45) is 0. The summed E-state index contributed by atoms with van der Waals surface area (Å²) >= 11 is 0. The zero-order valence-corrected chi connectivity index (χ0v) is 8.49. The van der Waals surface area contributed by atoms with Gasteiger partial charge in [0.05, 0.1) is 12.8 Å². The second-order valence-electron chi connectivity index (χ2n) is 3.09. The number of carbonyl (C=O) groups excluding carboxylic acids is 1. The van der Waals surface area contributed by atoms with Gasteiger partial charge in [0, 0.05) is 7.11 Å². The third-order valence-electron chi connectivity index (χ3n) is 1.97. The summed E-state index contributed by atoms with van der Waals surface area (Å²) in [5.41, 5.74) is 0.969. The van der Waals surface area contributed by atoms with Crippen molar-refractivity contribution in [1.29, 1.82) is 0 Å². The van der Waals surface area contributed by atoms with E-state index >= 15 is 0 Å². The third-order valence-corrected chi connectivity index (χ3v) is 1.97. The Labute approximate surface area is 91.5 Å². The molecule has 0 amide bonds. The molecule has 0 spiro atoms. The van der Waals surface area contributed by atoms with E-state index in [-0.39, 0.29) is 19.3 Å². The van der Waals surface area contributed by atoms with E-state index < -0.39 is 0 Å². The van der Waals surface area contributed by atoms with Gasteiger partial charge in [0.2, 0.25) is 0 Å². The Kier molecular flexibility index (Phi) is 6.58. The van der Waals surface area contributed by atoms with Crippen LogP contribution >= 0.6 is 0 Å². The predicted molar refractivity (Wildman–Crippen MR) is 61.6 cm³/mol. The Balaban J connectivity index is 0.00000196. The zero-order valence-electron chi connectivity index (χ0n) is 8.49. The number of Topliss-reactive ketones (excluding diaryl/α,β-unsaturated/α-hetero) is 1. The molecular formula is C12H19NO2. The van der Waals surface area contributed by atoms with Gasteiger partial charge in [-0.2, -0.15) is 0 Å². The number of ketones is 1. The molecule has 84 valence electrons. The molecular weight excluding hydrogens is 190 g/mol. The molecule has 1 N–H and O–H groups in total. The fraction of sp³-hybridized carbons (Fsp3) is 0.417. The minimum absolute atomic E-state index is 0. The summed E-state index contributed by atoms with van der Waals surface area (Å²) in [6.45, 7) is 1.94. The summed E-state index contributed by atoms with van der Waals surface area (Å²) in [7, 11) is 1.59. The molecule has 0 aliphatic rings. The molecule has 1 unspecified atom stereocenters. The maximum atomic E-state index is 11.3. The fourth-order valence-electron chi connectivity index (χ4n) is 1.31. The number of methoxy groups -OCH3 is 1. The maximum Gasteiger partial charge on any atom is 0.151 e. The molecule has 0 fully saturated rings. The molecule has 1 aromatic carbocycles. The van der Waals surface area contributed by atoms with Crippen molar-refractivity contribution in [1.82, 2.24) is 5.32 Å². The van der Waals surface area contributed by atoms with Gasteiger partial charge in [0.1, 0.15) is 0 Å². The summed E-state index contributed by atoms with van der Waals surface area (Å²) in [4.78, 5) is 11.3. The van der Waals surface area contributed by atoms with Crippen LogP contribution in [-0.2, 0) is 9.53 Å². The lowest BCUT2D eigenvalue weighted by molar-refractivity contribution is -0.119. The summed E-state index contributed by atoms with van der Waals surface area (Å²) in [5.74, 6) is 0.0910. The van der Waals surface area contributed by atoms with Gasteiger partial charge in [0.15, 0.2) is 5.78 Å². The van der Waals surface area contributed by atoms with Crippen molar-refractivity contribution in [2.45, 2.75) is 20.4 Å². The first-order valence-electron chi connectivity index (χ1n) is 4.53. The Bertz CT molecular complexity index is 285. The van der Waals surface area contributed by atoms with Crippen LogP contribution < -0.4 is 5.32 Å². The van der Waals surface area contributed by atoms with Crippen LogP contribution in [0.25, 0.3) is 0 Å². The SMILES string of the molecule is C.COCNC(C(C)=O)c1ccccc1. The quantitative estimate of drug-likeness (QED) is 0.755. The van der Waals surface area contributed by atoms with Crippen LogP contribution in [0.4, 0.5) is 0 Å². The smallest absolute Gasteiger partial charge is 0.151 e. The van der Waals surface area contributed by atoms with Crippen LogP contribution in [-0.4, -0.2) is 19.6 Å². The van der Waals surface area contributed by atoms with E-state index in [1.807, 2.05) is 30.3 Å². The van der Waals surface area contributed by atoms with Crippen molar-refractivity contribution in [3.05, 3.63) is 35.9 Å². The molecule has 0 aliphatic heterocycles. The number of ether oxygens (including phenoxy) is 1. The monoisotopic (exact) mass is 209 g/mol. The molecule has 0 aromatic heterocycles. The van der Waals surface area contributed by atoms with Crippen molar-refractivity contribution < 1.29 is 9.53 Å². The summed E-state index contributed by atoms with van der Waals surface area (Å²) in [5, 5.41) is 3.01. The second kappa shape index (κ2) is 7.15. The third kappa shape index (κ3) is 4.23. The number of rotatable bonds is 5. The number of hydrogen-bond donors (Lipinski definition) is 1. The molecule has 1 aromatic rings. The minimum Gasteiger partial charge on any atom is -0.370 e. The first-order chi connectivity index (χ1) is 6.75. The van der Waals surface area contributed by atoms with Gasteiger partial charge in [-0.05, 0) is 12.5 Å². The highest BCUT2D eigenvalue weighted by molar-refractivity contribution is 5.82. The van der Waals surface area contributed by atoms with Crippen LogP contribution in [0.1, 0.15) is 26.0 Å². The molecule has 0 aliphatic carbocycles. The van der Waals surface area contributed by atoms with Gasteiger partial charge >= 0.3 is 0 Å². The Morgan fingerprint density at radius 3 is 2.47 bits per heavy atom. The summed E-state index contributed by atoms with van der Waals surface area (Å²) in [6, 6.07) is 9.34.